The Balaban J connectivity index is 3.20. The second-order valence-corrected chi connectivity index (χ2v) is 2.75. The van der Waals surface area contributed by atoms with E-state index in [0.717, 1.165) is 0 Å². The van der Waals surface area contributed by atoms with E-state index in [2.05, 4.69) is 4.74 Å². The van der Waals surface area contributed by atoms with Crippen molar-refractivity contribution in [3.05, 3.63) is 0 Å². The van der Waals surface area contributed by atoms with Crippen LogP contribution in [-0.2, 0) is 4.74 Å². The summed E-state index contributed by atoms with van der Waals surface area (Å²) in [5.41, 5.74) is 0. The van der Waals surface area contributed by atoms with Gasteiger partial charge in [0.2, 0.25) is 6.10 Å². The van der Waals surface area contributed by atoms with Crippen LogP contribution < -0.4 is 0 Å². The molecule has 1 unspecified atom stereocenters. The van der Waals surface area contributed by atoms with Crippen LogP contribution in [0.1, 0.15) is 0 Å². The minimum atomic E-state index is -6.19. The lowest BCUT2D eigenvalue weighted by molar-refractivity contribution is -0.334. The number of hydrogen-bond acceptors (Lipinski definition) is 1. The van der Waals surface area contributed by atoms with E-state index < -0.39 is 30.2 Å². The van der Waals surface area contributed by atoms with Crippen molar-refractivity contribution in [2.75, 3.05) is 0 Å². The fourth-order valence-electron chi connectivity index (χ4n) is 0.927. The first-order chi connectivity index (χ1) is 6.34. The lowest BCUT2D eigenvalue weighted by atomic mass is 10.1. The van der Waals surface area contributed by atoms with Gasteiger partial charge < -0.3 is 0 Å². The lowest BCUT2D eigenvalue weighted by Crippen LogP contribution is -2.52. The molecule has 1 heterocycles. The van der Waals surface area contributed by atoms with Crippen LogP contribution in [0.25, 0.3) is 0 Å². The van der Waals surface area contributed by atoms with Crippen LogP contribution in [-0.4, -0.2) is 30.2 Å². The van der Waals surface area contributed by atoms with Crippen LogP contribution in [0.4, 0.5) is 39.5 Å². The zero-order valence-corrected chi connectivity index (χ0v) is 6.39. The van der Waals surface area contributed by atoms with E-state index in [0.29, 0.717) is 0 Å². The molecular formula is C5HF9O. The average Bonchev–Trinajstić information content (AvgIpc) is 2.07. The van der Waals surface area contributed by atoms with Gasteiger partial charge in [0.05, 0.1) is 0 Å². The maximum atomic E-state index is 12.3. The second kappa shape index (κ2) is 2.71. The van der Waals surface area contributed by atoms with E-state index in [-0.39, 0.29) is 0 Å². The van der Waals surface area contributed by atoms with E-state index in [4.69, 9.17) is 0 Å². The molecule has 90 valence electrons. The van der Waals surface area contributed by atoms with Crippen LogP contribution in [0.5, 0.6) is 0 Å². The molecule has 0 saturated carbocycles. The summed E-state index contributed by atoms with van der Waals surface area (Å²) in [5.74, 6) is -12.2. The summed E-state index contributed by atoms with van der Waals surface area (Å²) in [6, 6.07) is 0. The molecule has 0 aromatic heterocycles. The molecule has 1 aliphatic heterocycles. The predicted octanol–water partition coefficient (Wildman–Crippen LogP) is 2.81. The zero-order chi connectivity index (χ0) is 12.3. The third-order valence-corrected chi connectivity index (χ3v) is 1.68. The average molecular weight is 248 g/mol. The molecule has 0 bridgehead atoms. The fraction of sp³-hybridized carbons (Fsp3) is 1.00. The molecule has 1 aliphatic rings. The summed E-state index contributed by atoms with van der Waals surface area (Å²) < 4.78 is 110. The van der Waals surface area contributed by atoms with Crippen LogP contribution in [0, 0.1) is 0 Å². The van der Waals surface area contributed by atoms with E-state index in [9.17, 15) is 39.5 Å². The summed E-state index contributed by atoms with van der Waals surface area (Å²) in [7, 11) is 0. The Hall–Kier alpha value is -0.670. The molecule has 0 aliphatic carbocycles. The third-order valence-electron chi connectivity index (χ3n) is 1.68. The quantitative estimate of drug-likeness (QED) is 0.599. The number of ether oxygens (including phenoxy) is 1. The Kier molecular flexibility index (Phi) is 2.24. The molecular weight excluding hydrogens is 247 g/mol. The first kappa shape index (κ1) is 12.4. The van der Waals surface area contributed by atoms with E-state index in [1.165, 1.54) is 0 Å². The van der Waals surface area contributed by atoms with Crippen molar-refractivity contribution < 1.29 is 44.3 Å². The van der Waals surface area contributed by atoms with Crippen molar-refractivity contribution in [2.24, 2.45) is 0 Å². The Labute approximate surface area is 75.8 Å². The molecule has 0 spiro atoms. The topological polar surface area (TPSA) is 9.23 Å². The zero-order valence-electron chi connectivity index (χ0n) is 6.39. The molecule has 10 heteroatoms. The van der Waals surface area contributed by atoms with Gasteiger partial charge in [-0.05, 0) is 0 Å². The standard InChI is InChI=1S/C5HF9O/c6-2(7)1(3(8,9)10)15-5(13,14)4(2,11)12/h1H. The minimum Gasteiger partial charge on any atom is -0.296 e. The molecule has 1 saturated heterocycles. The highest BCUT2D eigenvalue weighted by Gasteiger charge is 2.86. The van der Waals surface area contributed by atoms with Crippen LogP contribution >= 0.6 is 0 Å². The first-order valence-electron chi connectivity index (χ1n) is 3.22. The Morgan fingerprint density at radius 2 is 1.27 bits per heavy atom. The molecule has 0 N–H and O–H groups in total. The van der Waals surface area contributed by atoms with Crippen molar-refractivity contribution in [3.63, 3.8) is 0 Å². The van der Waals surface area contributed by atoms with Gasteiger partial charge in [-0.1, -0.05) is 0 Å². The highest BCUT2D eigenvalue weighted by molar-refractivity contribution is 5.05. The minimum absolute atomic E-state index is 2.39. The van der Waals surface area contributed by atoms with E-state index in [1.54, 1.807) is 0 Å². The first-order valence-corrected chi connectivity index (χ1v) is 3.22. The maximum absolute atomic E-state index is 12.3. The van der Waals surface area contributed by atoms with Crippen molar-refractivity contribution in [1.82, 2.24) is 0 Å². The molecule has 0 aromatic carbocycles. The summed E-state index contributed by atoms with van der Waals surface area (Å²) in [6.07, 6.45) is -16.4. The smallest absolute Gasteiger partial charge is 0.296 e. The molecule has 0 radical (unpaired) electrons. The van der Waals surface area contributed by atoms with Gasteiger partial charge in [-0.3, -0.25) is 4.74 Å². The predicted molar refractivity (Wildman–Crippen MR) is 25.8 cm³/mol. The van der Waals surface area contributed by atoms with Gasteiger partial charge in [0.1, 0.15) is 0 Å². The molecule has 1 fully saturated rings. The van der Waals surface area contributed by atoms with Gasteiger partial charge in [0, 0.05) is 0 Å². The third kappa shape index (κ3) is 1.45. The number of rotatable bonds is 0. The Bertz CT molecular complexity index is 266. The van der Waals surface area contributed by atoms with Gasteiger partial charge in [-0.15, -0.1) is 0 Å². The largest absolute Gasteiger partial charge is 0.426 e. The van der Waals surface area contributed by atoms with Gasteiger partial charge in [0.25, 0.3) is 0 Å². The Morgan fingerprint density at radius 3 is 1.40 bits per heavy atom. The highest BCUT2D eigenvalue weighted by atomic mass is 19.4. The van der Waals surface area contributed by atoms with Crippen LogP contribution in [0.15, 0.2) is 0 Å². The van der Waals surface area contributed by atoms with Crippen molar-refractivity contribution in [3.8, 4) is 0 Å². The van der Waals surface area contributed by atoms with Gasteiger partial charge >= 0.3 is 24.1 Å². The summed E-state index contributed by atoms with van der Waals surface area (Å²) in [4.78, 5) is 0. The fourth-order valence-corrected chi connectivity index (χ4v) is 0.927. The molecule has 0 amide bonds. The van der Waals surface area contributed by atoms with Crippen LogP contribution in [0.3, 0.4) is 0 Å². The van der Waals surface area contributed by atoms with E-state index in [1.807, 2.05) is 0 Å². The molecule has 15 heavy (non-hydrogen) atoms. The van der Waals surface area contributed by atoms with Crippen LogP contribution in [0.2, 0.25) is 0 Å². The molecule has 0 aromatic rings. The van der Waals surface area contributed by atoms with Gasteiger partial charge in [-0.2, -0.15) is 39.5 Å². The number of hydrogen-bond donors (Lipinski definition) is 0. The highest BCUT2D eigenvalue weighted by Crippen LogP contribution is 2.58. The molecule has 1 atom stereocenters. The lowest BCUT2D eigenvalue weighted by Gasteiger charge is -2.22. The summed E-state index contributed by atoms with van der Waals surface area (Å²) in [6.45, 7) is 0. The monoisotopic (exact) mass is 248 g/mol. The number of halogens is 9. The molecule has 1 nitrogen and oxygen atoms in total. The van der Waals surface area contributed by atoms with Gasteiger partial charge in [0.15, 0.2) is 0 Å². The number of alkyl halides is 9. The van der Waals surface area contributed by atoms with Crippen molar-refractivity contribution in [1.29, 1.82) is 0 Å². The van der Waals surface area contributed by atoms with Crippen molar-refractivity contribution in [2.45, 2.75) is 30.2 Å². The molecule has 1 rings (SSSR count). The van der Waals surface area contributed by atoms with Gasteiger partial charge in [-0.25, -0.2) is 0 Å². The van der Waals surface area contributed by atoms with E-state index >= 15 is 0 Å². The normalized spacial score (nSPS) is 33.0. The Morgan fingerprint density at radius 1 is 0.867 bits per heavy atom. The second-order valence-electron chi connectivity index (χ2n) is 2.75. The van der Waals surface area contributed by atoms with Crippen molar-refractivity contribution >= 4 is 0 Å². The summed E-state index contributed by atoms with van der Waals surface area (Å²) in [5, 5.41) is 0. The summed E-state index contributed by atoms with van der Waals surface area (Å²) >= 11 is 0. The SMILES string of the molecule is FC(F)(F)C1OC(F)(F)C(F)(F)C1(F)F. The maximum Gasteiger partial charge on any atom is 0.426 e.